The highest BCUT2D eigenvalue weighted by molar-refractivity contribution is 6.09. The van der Waals surface area contributed by atoms with E-state index in [1.165, 1.54) is 27.5 Å². The van der Waals surface area contributed by atoms with E-state index in [2.05, 4.69) is 191 Å². The van der Waals surface area contributed by atoms with Crippen LogP contribution in [0, 0.1) is 6.92 Å². The number of anilines is 1. The first kappa shape index (κ1) is 31.7. The van der Waals surface area contributed by atoms with Crippen LogP contribution < -0.4 is 9.64 Å². The fourth-order valence-electron chi connectivity index (χ4n) is 7.02. The number of ether oxygens (including phenoxy) is 1. The fraction of sp³-hybridized carbons (Fsp3) is 0.222. The number of hydrogen-bond acceptors (Lipinski definition) is 4. The fourth-order valence-corrected chi connectivity index (χ4v) is 7.02. The van der Waals surface area contributed by atoms with Gasteiger partial charge in [0.05, 0.1) is 16.7 Å². The number of aromatic nitrogens is 2. The van der Waals surface area contributed by atoms with Gasteiger partial charge in [-0.2, -0.15) is 0 Å². The number of rotatable bonds is 5. The van der Waals surface area contributed by atoms with Crippen LogP contribution in [0.15, 0.2) is 134 Å². The summed E-state index contributed by atoms with van der Waals surface area (Å²) in [5.74, 6) is 2.50. The Balaban J connectivity index is 1.23. The highest BCUT2D eigenvalue weighted by Crippen LogP contribution is 2.41. The minimum Gasteiger partial charge on any atom is -0.457 e. The summed E-state index contributed by atoms with van der Waals surface area (Å²) in [5, 5.41) is 2.36. The Morgan fingerprint density at radius 1 is 0.660 bits per heavy atom. The van der Waals surface area contributed by atoms with E-state index in [9.17, 15) is 0 Å². The molecule has 50 heavy (non-hydrogen) atoms. The summed E-state index contributed by atoms with van der Waals surface area (Å²) in [6.45, 7) is 15.6. The second-order valence-electron chi connectivity index (χ2n) is 15.6. The van der Waals surface area contributed by atoms with Gasteiger partial charge in [0, 0.05) is 46.7 Å². The zero-order valence-corrected chi connectivity index (χ0v) is 30.0. The Bertz CT molecular complexity index is 2340. The Labute approximate surface area is 295 Å². The SMILES string of the molecule is Cc1ccc(N2C=C(c3cc(Oc4ccc5c6ccccc6n(-c6cc(C(C)(C)C)ccn6)c5c4)cc(C(C)(C)C)c3)N3C=CC=CC32)cc1. The van der Waals surface area contributed by atoms with Crippen LogP contribution in [0.5, 0.6) is 11.5 Å². The number of benzene rings is 4. The standard InChI is InChI=1S/C45H44N4O/c1-30-15-17-34(18-16-30)48-29-41(47-23-11-10-14-43(47)48)31-24-33(45(5,6)7)26-36(25-31)50-35-19-20-38-37-12-8-9-13-39(37)49(40(38)28-35)42-27-32(21-22-46-42)44(2,3)4/h8-29,43H,1-7H3. The van der Waals surface area contributed by atoms with Crippen LogP contribution in [0.25, 0.3) is 33.3 Å². The molecule has 6 aromatic rings. The molecule has 2 aliphatic heterocycles. The molecule has 0 saturated heterocycles. The number of nitrogens with zero attached hydrogens (tertiary/aromatic N) is 4. The smallest absolute Gasteiger partial charge is 0.137 e. The van der Waals surface area contributed by atoms with Crippen molar-refractivity contribution in [2.45, 2.75) is 65.5 Å². The Hall–Kier alpha value is -5.55. The molecule has 0 amide bonds. The van der Waals surface area contributed by atoms with Gasteiger partial charge in [0.2, 0.25) is 0 Å². The average molecular weight is 657 g/mol. The maximum Gasteiger partial charge on any atom is 0.137 e. The predicted octanol–water partition coefficient (Wildman–Crippen LogP) is 11.4. The summed E-state index contributed by atoms with van der Waals surface area (Å²) in [6.07, 6.45) is 12.9. The van der Waals surface area contributed by atoms with Crippen LogP contribution in [0.2, 0.25) is 0 Å². The maximum atomic E-state index is 6.82. The number of hydrogen-bond donors (Lipinski definition) is 0. The van der Waals surface area contributed by atoms with Gasteiger partial charge >= 0.3 is 0 Å². The van der Waals surface area contributed by atoms with Crippen molar-refractivity contribution in [3.63, 3.8) is 0 Å². The molecule has 0 saturated carbocycles. The molecular weight excluding hydrogens is 613 g/mol. The first-order chi connectivity index (χ1) is 23.9. The lowest BCUT2D eigenvalue weighted by Gasteiger charge is -2.31. The lowest BCUT2D eigenvalue weighted by atomic mass is 9.85. The quantitative estimate of drug-likeness (QED) is 0.185. The van der Waals surface area contributed by atoms with E-state index in [-0.39, 0.29) is 17.0 Å². The summed E-state index contributed by atoms with van der Waals surface area (Å²) in [6, 6.07) is 34.7. The molecule has 2 aliphatic rings. The summed E-state index contributed by atoms with van der Waals surface area (Å²) in [4.78, 5) is 9.55. The van der Waals surface area contributed by atoms with E-state index in [0.29, 0.717) is 0 Å². The van der Waals surface area contributed by atoms with Crippen LogP contribution in [-0.4, -0.2) is 20.6 Å². The molecule has 5 nitrogen and oxygen atoms in total. The van der Waals surface area contributed by atoms with Crippen molar-refractivity contribution in [2.75, 3.05) is 4.90 Å². The topological polar surface area (TPSA) is 33.5 Å². The van der Waals surface area contributed by atoms with E-state index >= 15 is 0 Å². The highest BCUT2D eigenvalue weighted by Gasteiger charge is 2.32. The number of para-hydroxylation sites is 1. The zero-order valence-electron chi connectivity index (χ0n) is 30.0. The minimum atomic E-state index is -0.0823. The van der Waals surface area contributed by atoms with Crippen molar-refractivity contribution >= 4 is 33.2 Å². The molecular formula is C45H44N4O. The van der Waals surface area contributed by atoms with Gasteiger partial charge < -0.3 is 14.5 Å². The van der Waals surface area contributed by atoms with Crippen LogP contribution in [-0.2, 0) is 10.8 Å². The van der Waals surface area contributed by atoms with E-state index in [0.717, 1.165) is 45.3 Å². The molecule has 5 heteroatoms. The molecule has 0 radical (unpaired) electrons. The van der Waals surface area contributed by atoms with Crippen molar-refractivity contribution in [3.05, 3.63) is 156 Å². The van der Waals surface area contributed by atoms with Crippen molar-refractivity contribution < 1.29 is 4.74 Å². The maximum absolute atomic E-state index is 6.82. The van der Waals surface area contributed by atoms with E-state index in [1.54, 1.807) is 0 Å². The van der Waals surface area contributed by atoms with E-state index in [4.69, 9.17) is 9.72 Å². The van der Waals surface area contributed by atoms with Gasteiger partial charge in [0.1, 0.15) is 23.5 Å². The van der Waals surface area contributed by atoms with Crippen LogP contribution in [0.1, 0.15) is 63.8 Å². The number of allylic oxidation sites excluding steroid dienone is 2. The summed E-state index contributed by atoms with van der Waals surface area (Å²) < 4.78 is 9.09. The summed E-state index contributed by atoms with van der Waals surface area (Å²) in [5.41, 5.74) is 9.24. The molecule has 0 aliphatic carbocycles. The van der Waals surface area contributed by atoms with E-state index < -0.39 is 0 Å². The molecule has 250 valence electrons. The second-order valence-corrected chi connectivity index (χ2v) is 15.6. The third kappa shape index (κ3) is 5.67. The Morgan fingerprint density at radius 3 is 2.20 bits per heavy atom. The molecule has 1 atom stereocenters. The summed E-state index contributed by atoms with van der Waals surface area (Å²) in [7, 11) is 0. The third-order valence-electron chi connectivity index (χ3n) is 9.87. The number of aryl methyl sites for hydroxylation is 1. The molecule has 8 rings (SSSR count). The molecule has 0 bridgehead atoms. The lowest BCUT2D eigenvalue weighted by molar-refractivity contribution is 0.468. The normalized spacial score (nSPS) is 16.0. The minimum absolute atomic E-state index is 0.00667. The van der Waals surface area contributed by atoms with Gasteiger partial charge in [-0.1, -0.05) is 83.5 Å². The number of pyridine rings is 1. The van der Waals surface area contributed by atoms with Crippen LogP contribution in [0.4, 0.5) is 5.69 Å². The Morgan fingerprint density at radius 2 is 1.42 bits per heavy atom. The first-order valence-corrected chi connectivity index (χ1v) is 17.5. The second kappa shape index (κ2) is 11.8. The van der Waals surface area contributed by atoms with Gasteiger partial charge in [-0.15, -0.1) is 0 Å². The first-order valence-electron chi connectivity index (χ1n) is 17.5. The monoisotopic (exact) mass is 656 g/mol. The van der Waals surface area contributed by atoms with Gasteiger partial charge in [-0.05, 0) is 102 Å². The van der Waals surface area contributed by atoms with Crippen molar-refractivity contribution in [2.24, 2.45) is 0 Å². The van der Waals surface area contributed by atoms with Gasteiger partial charge in [-0.3, -0.25) is 4.57 Å². The largest absolute Gasteiger partial charge is 0.457 e. The zero-order chi connectivity index (χ0) is 34.8. The van der Waals surface area contributed by atoms with Gasteiger partial charge in [0.25, 0.3) is 0 Å². The molecule has 4 aromatic carbocycles. The van der Waals surface area contributed by atoms with Crippen molar-refractivity contribution in [3.8, 4) is 17.3 Å². The molecule has 0 spiro atoms. The molecule has 0 N–H and O–H groups in total. The molecule has 2 aromatic heterocycles. The van der Waals surface area contributed by atoms with E-state index in [1.807, 2.05) is 6.20 Å². The molecule has 4 heterocycles. The van der Waals surface area contributed by atoms with Gasteiger partial charge in [-0.25, -0.2) is 4.98 Å². The Kier molecular flexibility index (Phi) is 7.48. The molecule has 1 unspecified atom stereocenters. The number of fused-ring (bicyclic) bond motifs is 4. The predicted molar refractivity (Wildman–Crippen MR) is 208 cm³/mol. The van der Waals surface area contributed by atoms with Crippen LogP contribution >= 0.6 is 0 Å². The lowest BCUT2D eigenvalue weighted by Crippen LogP contribution is -2.36. The average Bonchev–Trinajstić information content (AvgIpc) is 3.64. The van der Waals surface area contributed by atoms with Crippen molar-refractivity contribution in [1.29, 1.82) is 0 Å². The summed E-state index contributed by atoms with van der Waals surface area (Å²) >= 11 is 0. The highest BCUT2D eigenvalue weighted by atomic mass is 16.5. The molecule has 0 fully saturated rings. The van der Waals surface area contributed by atoms with Crippen LogP contribution in [0.3, 0.4) is 0 Å². The van der Waals surface area contributed by atoms with Crippen molar-refractivity contribution in [1.82, 2.24) is 14.5 Å². The van der Waals surface area contributed by atoms with Gasteiger partial charge in [0.15, 0.2) is 0 Å². The third-order valence-corrected chi connectivity index (χ3v) is 9.87.